The van der Waals surface area contributed by atoms with E-state index >= 15 is 0 Å². The highest BCUT2D eigenvalue weighted by atomic mass is 16.5. The minimum absolute atomic E-state index is 0.828. The molecule has 0 amide bonds. The average molecular weight is 573 g/mol. The summed E-state index contributed by atoms with van der Waals surface area (Å²) in [4.78, 5) is 6.18. The number of H-pyrrole nitrogens is 1. The summed E-state index contributed by atoms with van der Waals surface area (Å²) in [7, 11) is 2.31. The van der Waals surface area contributed by atoms with Gasteiger partial charge in [0.2, 0.25) is 0 Å². The maximum atomic E-state index is 6.74. The van der Waals surface area contributed by atoms with E-state index in [1.807, 2.05) is 18.2 Å². The number of anilines is 3. The predicted octanol–water partition coefficient (Wildman–Crippen LogP) is 9.58. The van der Waals surface area contributed by atoms with E-state index in [4.69, 9.17) is 9.15 Å². The first-order valence-electron chi connectivity index (χ1n) is 15.3. The number of para-hydroxylation sites is 5. The van der Waals surface area contributed by atoms with E-state index in [0.717, 1.165) is 83.6 Å². The van der Waals surface area contributed by atoms with Gasteiger partial charge in [-0.05, 0) is 64.3 Å². The molecule has 1 radical (unpaired) electrons. The largest absolute Gasteiger partial charge is 0.454 e. The van der Waals surface area contributed by atoms with E-state index in [9.17, 15) is 0 Å². The second kappa shape index (κ2) is 8.37. The van der Waals surface area contributed by atoms with E-state index in [2.05, 4.69) is 126 Å². The lowest BCUT2D eigenvalue weighted by Crippen LogP contribution is -2.42. The summed E-state index contributed by atoms with van der Waals surface area (Å²) in [5, 5.41) is 7.12. The highest BCUT2D eigenvalue weighted by Crippen LogP contribution is 2.53. The molecule has 207 valence electrons. The Kier molecular flexibility index (Phi) is 4.37. The van der Waals surface area contributed by atoms with Crippen LogP contribution >= 0.6 is 0 Å². The van der Waals surface area contributed by atoms with Crippen molar-refractivity contribution in [1.82, 2.24) is 4.98 Å². The molecule has 7 aromatic carbocycles. The fourth-order valence-corrected chi connectivity index (χ4v) is 7.62. The van der Waals surface area contributed by atoms with Gasteiger partial charge in [-0.15, -0.1) is 0 Å². The van der Waals surface area contributed by atoms with Gasteiger partial charge in [-0.1, -0.05) is 90.4 Å². The zero-order chi connectivity index (χ0) is 29.2. The quantitative estimate of drug-likeness (QED) is 0.199. The number of ether oxygens (including phenoxy) is 1. The Labute approximate surface area is 258 Å². The molecule has 0 fully saturated rings. The number of nitrogens with one attached hydrogen (secondary N) is 1. The highest BCUT2D eigenvalue weighted by molar-refractivity contribution is 6.74. The molecule has 1 N–H and O–H groups in total. The van der Waals surface area contributed by atoms with Crippen LogP contribution in [0.1, 0.15) is 0 Å². The SMILES string of the molecule is [B]1c2cccc3c2N(c2ccccc2O3)c2c1c(-c1cccc3c1[nH]c1cc4ccccc4cc13)cc1c2oc2ccccc21. The van der Waals surface area contributed by atoms with Gasteiger partial charge >= 0.3 is 0 Å². The molecular weight excluding hydrogens is 551 g/mol. The Morgan fingerprint density at radius 2 is 1.36 bits per heavy atom. The number of rotatable bonds is 1. The molecule has 11 rings (SSSR count). The third-order valence-electron chi connectivity index (χ3n) is 9.58. The summed E-state index contributed by atoms with van der Waals surface area (Å²) in [5.74, 6) is 1.67. The van der Waals surface area contributed by atoms with E-state index in [0.29, 0.717) is 0 Å². The first kappa shape index (κ1) is 23.5. The third-order valence-corrected chi connectivity index (χ3v) is 9.58. The van der Waals surface area contributed by atoms with Crippen molar-refractivity contribution < 1.29 is 9.15 Å². The lowest BCUT2D eigenvalue weighted by molar-refractivity contribution is 0.477. The first-order chi connectivity index (χ1) is 22.3. The molecule has 4 nitrogen and oxygen atoms in total. The molecule has 0 spiro atoms. The fourth-order valence-electron chi connectivity index (χ4n) is 7.62. The highest BCUT2D eigenvalue weighted by Gasteiger charge is 2.37. The Morgan fingerprint density at radius 3 is 2.31 bits per heavy atom. The number of benzene rings is 7. The Balaban J connectivity index is 1.29. The minimum Gasteiger partial charge on any atom is -0.454 e. The van der Waals surface area contributed by atoms with Crippen molar-refractivity contribution in [1.29, 1.82) is 0 Å². The molecule has 2 aliphatic heterocycles. The van der Waals surface area contributed by atoms with Crippen LogP contribution in [0, 0.1) is 0 Å². The number of hydrogen-bond acceptors (Lipinski definition) is 3. The second-order valence-corrected chi connectivity index (χ2v) is 12.0. The smallest absolute Gasteiger partial charge is 0.198 e. The first-order valence-corrected chi connectivity index (χ1v) is 15.3. The maximum Gasteiger partial charge on any atom is 0.198 e. The van der Waals surface area contributed by atoms with Gasteiger partial charge in [0, 0.05) is 32.6 Å². The van der Waals surface area contributed by atoms with Crippen molar-refractivity contribution in [2.24, 2.45) is 0 Å². The van der Waals surface area contributed by atoms with E-state index in [-0.39, 0.29) is 0 Å². The molecule has 0 bridgehead atoms. The zero-order valence-corrected chi connectivity index (χ0v) is 24.0. The Bertz CT molecular complexity index is 2740. The molecule has 0 unspecified atom stereocenters. The molecule has 45 heavy (non-hydrogen) atoms. The molecule has 0 aliphatic carbocycles. The lowest BCUT2D eigenvalue weighted by Gasteiger charge is -2.39. The van der Waals surface area contributed by atoms with Crippen LogP contribution in [0.15, 0.2) is 132 Å². The lowest BCUT2D eigenvalue weighted by atomic mass is 9.58. The number of hydrogen-bond donors (Lipinski definition) is 1. The molecule has 9 aromatic rings. The van der Waals surface area contributed by atoms with Gasteiger partial charge in [-0.25, -0.2) is 0 Å². The van der Waals surface area contributed by atoms with Gasteiger partial charge in [-0.3, -0.25) is 0 Å². The van der Waals surface area contributed by atoms with Crippen LogP contribution in [0.4, 0.5) is 17.1 Å². The summed E-state index contributed by atoms with van der Waals surface area (Å²) in [6.45, 7) is 0. The van der Waals surface area contributed by atoms with Crippen LogP contribution in [0.3, 0.4) is 0 Å². The van der Waals surface area contributed by atoms with Gasteiger partial charge < -0.3 is 19.0 Å². The van der Waals surface area contributed by atoms with Crippen LogP contribution in [-0.2, 0) is 0 Å². The maximum absolute atomic E-state index is 6.74. The number of aromatic amines is 1. The average Bonchev–Trinajstić information content (AvgIpc) is 3.64. The number of nitrogens with zero attached hydrogens (tertiary/aromatic N) is 1. The Hall–Kier alpha value is -5.94. The number of aromatic nitrogens is 1. The molecule has 0 atom stereocenters. The molecule has 2 aliphatic rings. The zero-order valence-electron chi connectivity index (χ0n) is 24.0. The fraction of sp³-hybridized carbons (Fsp3) is 0. The van der Waals surface area contributed by atoms with Gasteiger partial charge in [0.15, 0.2) is 24.4 Å². The van der Waals surface area contributed by atoms with Gasteiger partial charge in [0.1, 0.15) is 5.58 Å². The Morgan fingerprint density at radius 1 is 0.578 bits per heavy atom. The molecule has 0 saturated heterocycles. The topological polar surface area (TPSA) is 41.4 Å². The predicted molar refractivity (Wildman–Crippen MR) is 186 cm³/mol. The third kappa shape index (κ3) is 3.07. The minimum atomic E-state index is 0.828. The van der Waals surface area contributed by atoms with Gasteiger partial charge in [0.05, 0.1) is 22.6 Å². The van der Waals surface area contributed by atoms with Crippen LogP contribution in [-0.4, -0.2) is 12.3 Å². The summed E-state index contributed by atoms with van der Waals surface area (Å²) in [5.41, 5.74) is 11.7. The van der Waals surface area contributed by atoms with E-state index in [1.54, 1.807) is 0 Å². The van der Waals surface area contributed by atoms with Crippen LogP contribution in [0.25, 0.3) is 65.6 Å². The standard InChI is InChI=1S/C40H22BN2O2/c1-2-10-23-20-31-27(19-22(23)9-1)25-12-7-13-26(37(25)42-31)28-21-29-24-11-3-5-16-33(24)45-40(29)39-36(28)41-30-14-8-18-35-38(30)43(39)32-15-4-6-17-34(32)44-35/h1-21,42H. The molecule has 4 heterocycles. The molecule has 5 heteroatoms. The van der Waals surface area contributed by atoms with Crippen molar-refractivity contribution in [2.75, 3.05) is 4.90 Å². The van der Waals surface area contributed by atoms with Crippen LogP contribution in [0.2, 0.25) is 0 Å². The normalized spacial score (nSPS) is 13.2. The number of fused-ring (bicyclic) bond motifs is 12. The van der Waals surface area contributed by atoms with Gasteiger partial charge in [0.25, 0.3) is 0 Å². The van der Waals surface area contributed by atoms with Crippen molar-refractivity contribution in [3.8, 4) is 22.6 Å². The van der Waals surface area contributed by atoms with Crippen molar-refractivity contribution >= 4 is 89.8 Å². The summed E-state index contributed by atoms with van der Waals surface area (Å²) in [6.07, 6.45) is 0. The van der Waals surface area contributed by atoms with Crippen LogP contribution in [0.5, 0.6) is 11.5 Å². The van der Waals surface area contributed by atoms with Crippen LogP contribution < -0.4 is 20.6 Å². The monoisotopic (exact) mass is 573 g/mol. The van der Waals surface area contributed by atoms with E-state index in [1.165, 1.54) is 21.5 Å². The summed E-state index contributed by atoms with van der Waals surface area (Å²) >= 11 is 0. The molecular formula is C40H22BN2O2. The van der Waals surface area contributed by atoms with Gasteiger partial charge in [-0.2, -0.15) is 0 Å². The molecule has 0 saturated carbocycles. The number of furan rings is 1. The second-order valence-electron chi connectivity index (χ2n) is 12.0. The van der Waals surface area contributed by atoms with Crippen molar-refractivity contribution in [3.63, 3.8) is 0 Å². The summed E-state index contributed by atoms with van der Waals surface area (Å²) < 4.78 is 13.2. The van der Waals surface area contributed by atoms with Crippen molar-refractivity contribution in [2.45, 2.75) is 0 Å². The summed E-state index contributed by atoms with van der Waals surface area (Å²) in [6, 6.07) is 45.0. The van der Waals surface area contributed by atoms with E-state index < -0.39 is 0 Å². The molecule has 2 aromatic heterocycles. The van der Waals surface area contributed by atoms with Crippen molar-refractivity contribution in [3.05, 3.63) is 127 Å².